The summed E-state index contributed by atoms with van der Waals surface area (Å²) in [4.78, 5) is 48.6. The molecule has 0 radical (unpaired) electrons. The second-order valence-corrected chi connectivity index (χ2v) is 13.9. The molecule has 0 saturated carbocycles. The molecule has 3 aliphatic heterocycles. The first kappa shape index (κ1) is 32.0. The monoisotopic (exact) mass is 579 g/mol. The SMILES string of the molecule is C=CCN(C(=O)[C@@H]1[C@H]2C(=O)N(CCCCO)C(C(=O)N(CC=C)C(C)(C)CC(C)(C)C)C23CC[C@H]1O3)c1ccccc1. The fourth-order valence-electron chi connectivity index (χ4n) is 7.89. The summed E-state index contributed by atoms with van der Waals surface area (Å²) < 4.78 is 6.71. The predicted octanol–water partition coefficient (Wildman–Crippen LogP) is 4.58. The first-order valence-corrected chi connectivity index (χ1v) is 15.3. The molecule has 1 N–H and O–H groups in total. The Morgan fingerprint density at radius 1 is 1.07 bits per heavy atom. The van der Waals surface area contributed by atoms with Gasteiger partial charge in [0, 0.05) is 37.5 Å². The van der Waals surface area contributed by atoms with Crippen LogP contribution in [0.5, 0.6) is 0 Å². The maximum absolute atomic E-state index is 14.8. The van der Waals surface area contributed by atoms with Crippen molar-refractivity contribution in [2.45, 2.75) is 90.0 Å². The summed E-state index contributed by atoms with van der Waals surface area (Å²) in [6.45, 7) is 19.3. The van der Waals surface area contributed by atoms with Gasteiger partial charge in [-0.05, 0) is 63.5 Å². The van der Waals surface area contributed by atoms with Crippen molar-refractivity contribution >= 4 is 23.4 Å². The highest BCUT2D eigenvalue weighted by molar-refractivity contribution is 6.03. The van der Waals surface area contributed by atoms with Gasteiger partial charge >= 0.3 is 0 Å². The number of carbonyl (C=O) groups is 3. The molecule has 3 fully saturated rings. The van der Waals surface area contributed by atoms with Gasteiger partial charge < -0.3 is 24.5 Å². The standard InChI is InChI=1S/C34H49N3O5/c1-8-19-35(24-15-11-10-12-16-24)29(39)26-25-17-18-34(42-25)27(26)30(40)36(21-13-14-22-38)28(34)31(41)37(20-9-2)33(6,7)23-32(3,4)5/h8-12,15-16,25-28,38H,1-2,13-14,17-23H2,3-7H3/t25-,26+,27+,28?,34?/m1/s1. The molecule has 5 atom stereocenters. The largest absolute Gasteiger partial charge is 0.396 e. The molecule has 8 heteroatoms. The van der Waals surface area contributed by atoms with Crippen LogP contribution in [0.25, 0.3) is 0 Å². The lowest BCUT2D eigenvalue weighted by molar-refractivity contribution is -0.152. The Bertz CT molecular complexity index is 1180. The number of para-hydroxylation sites is 1. The van der Waals surface area contributed by atoms with Crippen LogP contribution in [0, 0.1) is 17.3 Å². The molecular weight excluding hydrogens is 530 g/mol. The zero-order valence-corrected chi connectivity index (χ0v) is 26.1. The molecule has 3 amide bonds. The van der Waals surface area contributed by atoms with Crippen LogP contribution in [0.3, 0.4) is 0 Å². The van der Waals surface area contributed by atoms with E-state index in [0.29, 0.717) is 45.3 Å². The summed E-state index contributed by atoms with van der Waals surface area (Å²) in [5.41, 5.74) is -0.898. The predicted molar refractivity (Wildman–Crippen MR) is 165 cm³/mol. The van der Waals surface area contributed by atoms with Gasteiger partial charge in [0.25, 0.3) is 0 Å². The molecule has 1 aromatic carbocycles. The van der Waals surface area contributed by atoms with Crippen molar-refractivity contribution in [3.8, 4) is 0 Å². The van der Waals surface area contributed by atoms with Gasteiger partial charge in [0.15, 0.2) is 0 Å². The minimum atomic E-state index is -1.08. The van der Waals surface area contributed by atoms with E-state index in [2.05, 4.69) is 47.8 Å². The zero-order chi connectivity index (χ0) is 30.9. The molecule has 1 aromatic rings. The van der Waals surface area contributed by atoms with E-state index < -0.39 is 35.1 Å². The van der Waals surface area contributed by atoms with Crippen LogP contribution in [0.2, 0.25) is 0 Å². The number of fused-ring (bicyclic) bond motifs is 1. The van der Waals surface area contributed by atoms with Crippen molar-refractivity contribution in [2.75, 3.05) is 31.1 Å². The molecule has 3 aliphatic rings. The number of hydrogen-bond acceptors (Lipinski definition) is 5. The van der Waals surface area contributed by atoms with Gasteiger partial charge in [-0.15, -0.1) is 13.2 Å². The summed E-state index contributed by atoms with van der Waals surface area (Å²) in [6, 6.07) is 8.55. The van der Waals surface area contributed by atoms with Gasteiger partial charge in [0.05, 0.1) is 17.9 Å². The molecule has 4 rings (SSSR count). The third-order valence-electron chi connectivity index (χ3n) is 9.04. The number of hydrogen-bond donors (Lipinski definition) is 1. The van der Waals surface area contributed by atoms with Crippen molar-refractivity contribution in [2.24, 2.45) is 17.3 Å². The molecule has 3 saturated heterocycles. The average molecular weight is 580 g/mol. The lowest BCUT2D eigenvalue weighted by atomic mass is 9.70. The number of aliphatic hydroxyl groups excluding tert-OH is 1. The first-order chi connectivity index (χ1) is 19.8. The summed E-state index contributed by atoms with van der Waals surface area (Å²) in [5, 5.41) is 9.48. The van der Waals surface area contributed by atoms with Crippen LogP contribution in [0.15, 0.2) is 55.6 Å². The van der Waals surface area contributed by atoms with E-state index in [4.69, 9.17) is 4.74 Å². The number of carbonyl (C=O) groups excluding carboxylic acids is 3. The maximum atomic E-state index is 14.8. The highest BCUT2D eigenvalue weighted by atomic mass is 16.5. The number of rotatable bonds is 13. The third kappa shape index (κ3) is 5.80. The smallest absolute Gasteiger partial charge is 0.249 e. The number of unbranched alkanes of at least 4 members (excludes halogenated alkanes) is 1. The number of anilines is 1. The summed E-state index contributed by atoms with van der Waals surface area (Å²) in [5.74, 6) is -1.99. The highest BCUT2D eigenvalue weighted by Crippen LogP contribution is 2.59. The van der Waals surface area contributed by atoms with Gasteiger partial charge in [0.1, 0.15) is 11.6 Å². The van der Waals surface area contributed by atoms with E-state index >= 15 is 0 Å². The van der Waals surface area contributed by atoms with Crippen LogP contribution in [-0.2, 0) is 19.1 Å². The second-order valence-electron chi connectivity index (χ2n) is 13.9. The van der Waals surface area contributed by atoms with E-state index in [1.165, 1.54) is 0 Å². The summed E-state index contributed by atoms with van der Waals surface area (Å²) in [7, 11) is 0. The minimum Gasteiger partial charge on any atom is -0.396 e. The van der Waals surface area contributed by atoms with Crippen molar-refractivity contribution in [1.29, 1.82) is 0 Å². The Labute approximate surface area is 251 Å². The number of ether oxygens (including phenoxy) is 1. The molecule has 8 nitrogen and oxygen atoms in total. The Kier molecular flexibility index (Phi) is 9.38. The van der Waals surface area contributed by atoms with E-state index in [0.717, 1.165) is 12.1 Å². The Morgan fingerprint density at radius 3 is 2.33 bits per heavy atom. The molecular formula is C34H49N3O5. The number of likely N-dealkylation sites (tertiary alicyclic amines) is 1. The molecule has 0 aliphatic carbocycles. The molecule has 2 bridgehead atoms. The van der Waals surface area contributed by atoms with E-state index in [9.17, 15) is 19.5 Å². The quantitative estimate of drug-likeness (QED) is 0.273. The number of aliphatic hydroxyl groups is 1. The molecule has 2 unspecified atom stereocenters. The van der Waals surface area contributed by atoms with E-state index in [-0.39, 0.29) is 29.7 Å². The lowest BCUT2D eigenvalue weighted by Gasteiger charge is -2.45. The van der Waals surface area contributed by atoms with E-state index in [1.54, 1.807) is 22.0 Å². The second kappa shape index (κ2) is 12.3. The van der Waals surface area contributed by atoms with Crippen molar-refractivity contribution in [3.63, 3.8) is 0 Å². The van der Waals surface area contributed by atoms with Gasteiger partial charge in [-0.2, -0.15) is 0 Å². The molecule has 42 heavy (non-hydrogen) atoms. The van der Waals surface area contributed by atoms with Gasteiger partial charge in [0.2, 0.25) is 17.7 Å². The number of nitrogens with zero attached hydrogens (tertiary/aromatic N) is 3. The fraction of sp³-hybridized carbons (Fsp3) is 0.618. The topological polar surface area (TPSA) is 90.4 Å². The average Bonchev–Trinajstić information content (AvgIpc) is 3.56. The van der Waals surface area contributed by atoms with Crippen LogP contribution >= 0.6 is 0 Å². The molecule has 230 valence electrons. The molecule has 0 aromatic heterocycles. The van der Waals surface area contributed by atoms with Gasteiger partial charge in [-0.1, -0.05) is 51.1 Å². The zero-order valence-electron chi connectivity index (χ0n) is 26.1. The van der Waals surface area contributed by atoms with Crippen molar-refractivity contribution in [1.82, 2.24) is 9.80 Å². The Balaban J connectivity index is 1.76. The van der Waals surface area contributed by atoms with Gasteiger partial charge in [-0.3, -0.25) is 14.4 Å². The summed E-state index contributed by atoms with van der Waals surface area (Å²) in [6.07, 6.45) is 5.95. The Morgan fingerprint density at radius 2 is 1.74 bits per heavy atom. The number of amides is 3. The minimum absolute atomic E-state index is 0.00366. The normalized spacial score (nSPS) is 26.7. The molecule has 1 spiro atoms. The number of benzene rings is 1. The fourth-order valence-corrected chi connectivity index (χ4v) is 7.89. The van der Waals surface area contributed by atoms with Crippen LogP contribution in [0.1, 0.15) is 66.7 Å². The van der Waals surface area contributed by atoms with Crippen LogP contribution in [0.4, 0.5) is 5.69 Å². The Hall–Kier alpha value is -2.97. The van der Waals surface area contributed by atoms with Gasteiger partial charge in [-0.25, -0.2) is 0 Å². The van der Waals surface area contributed by atoms with Crippen LogP contribution in [-0.4, -0.2) is 82.2 Å². The third-order valence-corrected chi connectivity index (χ3v) is 9.04. The first-order valence-electron chi connectivity index (χ1n) is 15.3. The van der Waals surface area contributed by atoms with Crippen molar-refractivity contribution < 1.29 is 24.2 Å². The van der Waals surface area contributed by atoms with Crippen LogP contribution < -0.4 is 4.90 Å². The summed E-state index contributed by atoms with van der Waals surface area (Å²) >= 11 is 0. The maximum Gasteiger partial charge on any atom is 0.249 e. The van der Waals surface area contributed by atoms with E-state index in [1.807, 2.05) is 35.2 Å². The lowest BCUT2D eigenvalue weighted by Crippen LogP contribution is -2.61. The van der Waals surface area contributed by atoms with Crippen molar-refractivity contribution in [3.05, 3.63) is 55.6 Å². The highest BCUT2D eigenvalue weighted by Gasteiger charge is 2.75. The molecule has 3 heterocycles.